The molecule has 220 valence electrons. The molecule has 8 nitrogen and oxygen atoms in total. The van der Waals surface area contributed by atoms with Crippen molar-refractivity contribution in [1.29, 1.82) is 0 Å². The second-order valence-corrected chi connectivity index (χ2v) is 13.1. The second kappa shape index (κ2) is 10.5. The van der Waals surface area contributed by atoms with Crippen molar-refractivity contribution < 1.29 is 14.0 Å². The van der Waals surface area contributed by atoms with Crippen molar-refractivity contribution in [3.05, 3.63) is 147 Å². The summed E-state index contributed by atoms with van der Waals surface area (Å²) in [7, 11) is 0. The molecule has 0 N–H and O–H groups in total. The number of nitrogens with zero attached hydrogens (tertiary/aromatic N) is 4. The molecule has 0 saturated heterocycles. The Balaban J connectivity index is 1.33. The van der Waals surface area contributed by atoms with Gasteiger partial charge in [-0.15, -0.1) is 10.2 Å². The lowest BCUT2D eigenvalue weighted by atomic mass is 9.84. The van der Waals surface area contributed by atoms with Crippen molar-refractivity contribution in [2.75, 3.05) is 9.80 Å². The van der Waals surface area contributed by atoms with Crippen molar-refractivity contribution in [3.8, 4) is 0 Å². The topological polar surface area (TPSA) is 96.6 Å². The van der Waals surface area contributed by atoms with E-state index < -0.39 is 22.8 Å². The minimum atomic E-state index is -1.82. The molecular weight excluding hydrogens is 605 g/mol. The first kappa shape index (κ1) is 27.5. The number of amides is 2. The van der Waals surface area contributed by atoms with Gasteiger partial charge in [0.15, 0.2) is 15.3 Å². The third-order valence-electron chi connectivity index (χ3n) is 8.41. The molecule has 45 heavy (non-hydrogen) atoms. The smallest absolute Gasteiger partial charge is 0.297 e. The molecule has 4 heterocycles. The summed E-state index contributed by atoms with van der Waals surface area (Å²) in [6.07, 6.45) is 0. The molecule has 0 radical (unpaired) electrons. The van der Waals surface area contributed by atoms with Gasteiger partial charge in [0.05, 0.1) is 23.2 Å². The van der Waals surface area contributed by atoms with Crippen molar-refractivity contribution in [1.82, 2.24) is 10.2 Å². The zero-order valence-electron chi connectivity index (χ0n) is 24.0. The molecule has 2 aliphatic rings. The minimum absolute atomic E-state index is 0.00428. The Labute approximate surface area is 265 Å². The van der Waals surface area contributed by atoms with E-state index in [1.807, 2.05) is 79.7 Å². The van der Waals surface area contributed by atoms with E-state index in [-0.39, 0.29) is 28.6 Å². The Kier molecular flexibility index (Phi) is 6.44. The van der Waals surface area contributed by atoms with Crippen LogP contribution in [-0.4, -0.2) is 22.0 Å². The Hall–Kier alpha value is -5.06. The van der Waals surface area contributed by atoms with Crippen LogP contribution in [0.2, 0.25) is 0 Å². The van der Waals surface area contributed by atoms with Crippen LogP contribution in [0.25, 0.3) is 11.0 Å². The number of aromatic nitrogens is 2. The van der Waals surface area contributed by atoms with Gasteiger partial charge in [-0.2, -0.15) is 0 Å². The van der Waals surface area contributed by atoms with E-state index in [0.717, 1.165) is 16.7 Å². The lowest BCUT2D eigenvalue weighted by Gasteiger charge is -2.32. The number of hydrogen-bond donors (Lipinski definition) is 0. The monoisotopic (exact) mass is 628 g/mol. The third kappa shape index (κ3) is 4.09. The van der Waals surface area contributed by atoms with Crippen LogP contribution < -0.4 is 15.2 Å². The molecular formula is C35H24N4O4S2. The fourth-order valence-corrected chi connectivity index (χ4v) is 8.14. The van der Waals surface area contributed by atoms with Gasteiger partial charge < -0.3 is 9.32 Å². The quantitative estimate of drug-likeness (QED) is 0.150. The molecule has 0 bridgehead atoms. The number of thioether (sulfide) groups is 1. The number of rotatable bonds is 6. The molecule has 4 aromatic carbocycles. The molecule has 8 rings (SSSR count). The van der Waals surface area contributed by atoms with Gasteiger partial charge in [-0.05, 0) is 41.8 Å². The number of carbonyl (C=O) groups is 2. The summed E-state index contributed by atoms with van der Waals surface area (Å²) < 4.78 is 6.81. The molecule has 0 fully saturated rings. The molecule has 2 aliphatic heterocycles. The van der Waals surface area contributed by atoms with Crippen LogP contribution in [0.5, 0.6) is 0 Å². The highest BCUT2D eigenvalue weighted by Gasteiger charge is 2.66. The number of anilines is 2. The number of carbonyl (C=O) groups excluding carboxylic acids is 2. The van der Waals surface area contributed by atoms with Gasteiger partial charge in [-0.25, -0.2) is 0 Å². The SMILES string of the molecule is Cc1ccccc1CN1C(=O)C2(c3ccccc31)c1c(oc3ccccc3c1=O)C(=O)N2c1nnc(SCc2ccccc2)s1. The highest BCUT2D eigenvalue weighted by atomic mass is 32.2. The zero-order chi connectivity index (χ0) is 30.7. The van der Waals surface area contributed by atoms with Crippen LogP contribution in [0.3, 0.4) is 0 Å². The van der Waals surface area contributed by atoms with Crippen molar-refractivity contribution >= 4 is 56.7 Å². The van der Waals surface area contributed by atoms with Crippen molar-refractivity contribution in [3.63, 3.8) is 0 Å². The fraction of sp³-hybridized carbons (Fsp3) is 0.114. The average Bonchev–Trinajstić information content (AvgIpc) is 3.71. The fourth-order valence-electron chi connectivity index (χ4n) is 6.30. The van der Waals surface area contributed by atoms with Gasteiger partial charge in [0.1, 0.15) is 5.58 Å². The van der Waals surface area contributed by atoms with Crippen LogP contribution in [0.1, 0.15) is 38.4 Å². The summed E-state index contributed by atoms with van der Waals surface area (Å²) in [5, 5.41) is 9.33. The summed E-state index contributed by atoms with van der Waals surface area (Å²) in [6, 6.07) is 31.9. The number of fused-ring (bicyclic) bond motifs is 5. The van der Waals surface area contributed by atoms with E-state index >= 15 is 4.79 Å². The Bertz CT molecular complexity index is 2210. The number of para-hydroxylation sites is 2. The molecule has 2 aromatic heterocycles. The summed E-state index contributed by atoms with van der Waals surface area (Å²) >= 11 is 2.70. The predicted octanol–water partition coefficient (Wildman–Crippen LogP) is 6.70. The highest BCUT2D eigenvalue weighted by Crippen LogP contribution is 2.55. The van der Waals surface area contributed by atoms with Crippen LogP contribution in [0.15, 0.2) is 117 Å². The van der Waals surface area contributed by atoms with E-state index in [0.29, 0.717) is 26.7 Å². The highest BCUT2D eigenvalue weighted by molar-refractivity contribution is 8.00. The molecule has 2 amide bonds. The molecule has 10 heteroatoms. The maximum absolute atomic E-state index is 15.1. The van der Waals surface area contributed by atoms with E-state index in [2.05, 4.69) is 10.2 Å². The first-order chi connectivity index (χ1) is 22.0. The normalized spacial score (nSPS) is 17.0. The van der Waals surface area contributed by atoms with Crippen LogP contribution in [0, 0.1) is 6.92 Å². The van der Waals surface area contributed by atoms with E-state index in [9.17, 15) is 9.59 Å². The maximum Gasteiger partial charge on any atom is 0.297 e. The molecule has 1 atom stereocenters. The number of benzene rings is 4. The Morgan fingerprint density at radius 1 is 0.844 bits per heavy atom. The summed E-state index contributed by atoms with van der Waals surface area (Å²) in [5.41, 5.74) is 2.27. The Morgan fingerprint density at radius 3 is 2.42 bits per heavy atom. The lowest BCUT2D eigenvalue weighted by Crippen LogP contribution is -2.53. The molecule has 0 aliphatic carbocycles. The lowest BCUT2D eigenvalue weighted by molar-refractivity contribution is -0.121. The van der Waals surface area contributed by atoms with E-state index in [4.69, 9.17) is 4.42 Å². The molecule has 1 spiro atoms. The third-order valence-corrected chi connectivity index (χ3v) is 10.5. The zero-order valence-corrected chi connectivity index (χ0v) is 25.6. The second-order valence-electron chi connectivity index (χ2n) is 10.9. The van der Waals surface area contributed by atoms with E-state index in [1.165, 1.54) is 28.0 Å². The Morgan fingerprint density at radius 2 is 1.58 bits per heavy atom. The summed E-state index contributed by atoms with van der Waals surface area (Å²) in [4.78, 5) is 47.0. The maximum atomic E-state index is 15.1. The first-order valence-corrected chi connectivity index (χ1v) is 16.2. The largest absolute Gasteiger partial charge is 0.450 e. The first-order valence-electron chi connectivity index (χ1n) is 14.4. The number of aryl methyl sites for hydroxylation is 1. The standard InChI is InChI=1S/C35H24N4O4S2/c1-21-11-5-6-14-23(21)19-38-26-17-9-8-16-25(26)35(32(38)42)28-29(40)24-15-7-10-18-27(24)43-30(28)31(41)39(35)33-36-37-34(45-33)44-20-22-12-3-2-4-13-22/h2-18H,19-20H2,1H3. The van der Waals surface area contributed by atoms with E-state index in [1.54, 1.807) is 35.2 Å². The number of hydrogen-bond acceptors (Lipinski definition) is 8. The van der Waals surface area contributed by atoms with Crippen molar-refractivity contribution in [2.45, 2.75) is 29.1 Å². The van der Waals surface area contributed by atoms with Gasteiger partial charge in [-0.3, -0.25) is 19.3 Å². The van der Waals surface area contributed by atoms with Crippen molar-refractivity contribution in [2.24, 2.45) is 0 Å². The summed E-state index contributed by atoms with van der Waals surface area (Å²) in [5.74, 6) is -0.528. The van der Waals surface area contributed by atoms with Gasteiger partial charge in [0, 0.05) is 11.3 Å². The molecule has 1 unspecified atom stereocenters. The summed E-state index contributed by atoms with van der Waals surface area (Å²) in [6.45, 7) is 2.25. The molecule has 0 saturated carbocycles. The van der Waals surface area contributed by atoms with Crippen LogP contribution >= 0.6 is 23.1 Å². The van der Waals surface area contributed by atoms with Gasteiger partial charge in [-0.1, -0.05) is 108 Å². The van der Waals surface area contributed by atoms with Gasteiger partial charge >= 0.3 is 0 Å². The molecule has 6 aromatic rings. The predicted molar refractivity (Wildman–Crippen MR) is 175 cm³/mol. The van der Waals surface area contributed by atoms with Crippen LogP contribution in [0.4, 0.5) is 10.8 Å². The van der Waals surface area contributed by atoms with Gasteiger partial charge in [0.25, 0.3) is 11.8 Å². The van der Waals surface area contributed by atoms with Crippen LogP contribution in [-0.2, 0) is 22.6 Å². The minimum Gasteiger partial charge on any atom is -0.450 e. The average molecular weight is 629 g/mol. The van der Waals surface area contributed by atoms with Gasteiger partial charge in [0.2, 0.25) is 10.9 Å².